The average Bonchev–Trinajstić information content (AvgIpc) is 2.91. The lowest BCUT2D eigenvalue weighted by Crippen LogP contribution is -2.14. The Hall–Kier alpha value is -1.05. The number of aromatic nitrogens is 2. The maximum atomic E-state index is 14.1. The summed E-state index contributed by atoms with van der Waals surface area (Å²) < 4.78 is 32.8. The van der Waals surface area contributed by atoms with Crippen molar-refractivity contribution in [2.45, 2.75) is 42.5 Å². The van der Waals surface area contributed by atoms with Crippen LogP contribution in [-0.2, 0) is 13.0 Å². The van der Waals surface area contributed by atoms with E-state index in [1.807, 2.05) is 13.8 Å². The van der Waals surface area contributed by atoms with Gasteiger partial charge < -0.3 is 5.32 Å². The third kappa shape index (κ3) is 4.46. The lowest BCUT2D eigenvalue weighted by Gasteiger charge is -2.07. The number of nitrogens with zero attached hydrogens (tertiary/aromatic N) is 2. The molecule has 1 aromatic carbocycles. The van der Waals surface area contributed by atoms with Crippen molar-refractivity contribution >= 4 is 23.3 Å². The van der Waals surface area contributed by atoms with Crippen molar-refractivity contribution in [3.8, 4) is 0 Å². The molecule has 0 saturated carbocycles. The van der Waals surface area contributed by atoms with Crippen LogP contribution in [0.5, 0.6) is 0 Å². The minimum absolute atomic E-state index is 0.0203. The number of halogens is 2. The first-order chi connectivity index (χ1) is 10.1. The fourth-order valence-corrected chi connectivity index (χ4v) is 3.38. The predicted octanol–water partition coefficient (Wildman–Crippen LogP) is 4.03. The van der Waals surface area contributed by atoms with Crippen LogP contribution >= 0.6 is 23.3 Å². The van der Waals surface area contributed by atoms with Gasteiger partial charge in [-0.05, 0) is 42.2 Å². The van der Waals surface area contributed by atoms with E-state index >= 15 is 0 Å². The van der Waals surface area contributed by atoms with E-state index in [1.165, 1.54) is 12.1 Å². The molecule has 7 heteroatoms. The van der Waals surface area contributed by atoms with Gasteiger partial charge in [0.05, 0.1) is 4.90 Å². The van der Waals surface area contributed by atoms with E-state index < -0.39 is 11.6 Å². The lowest BCUT2D eigenvalue weighted by molar-refractivity contribution is 0.534. The zero-order chi connectivity index (χ0) is 15.2. The van der Waals surface area contributed by atoms with Crippen LogP contribution in [0.1, 0.15) is 31.7 Å². The van der Waals surface area contributed by atoms with Gasteiger partial charge in [0.2, 0.25) is 0 Å². The summed E-state index contributed by atoms with van der Waals surface area (Å²) in [5.41, 5.74) is 0.606. The second kappa shape index (κ2) is 7.82. The second-order valence-corrected chi connectivity index (χ2v) is 6.51. The maximum Gasteiger partial charge on any atom is 0.175 e. The molecular weight excluding hydrogens is 312 g/mol. The van der Waals surface area contributed by atoms with Crippen molar-refractivity contribution in [1.82, 2.24) is 14.7 Å². The van der Waals surface area contributed by atoms with Crippen molar-refractivity contribution in [2.24, 2.45) is 0 Å². The smallest absolute Gasteiger partial charge is 0.175 e. The largest absolute Gasteiger partial charge is 0.313 e. The summed E-state index contributed by atoms with van der Waals surface area (Å²) in [6.45, 7) is 5.27. The normalized spacial score (nSPS) is 11.0. The van der Waals surface area contributed by atoms with E-state index in [1.54, 1.807) is 0 Å². The van der Waals surface area contributed by atoms with Crippen LogP contribution in [0, 0.1) is 11.6 Å². The van der Waals surface area contributed by atoms with Gasteiger partial charge in [-0.2, -0.15) is 4.37 Å². The summed E-state index contributed by atoms with van der Waals surface area (Å²) in [4.78, 5) is 4.19. The van der Waals surface area contributed by atoms with Crippen molar-refractivity contribution in [3.63, 3.8) is 0 Å². The molecule has 0 atom stereocenters. The highest BCUT2D eigenvalue weighted by Gasteiger charge is 2.15. The Morgan fingerprint density at radius 1 is 1.24 bits per heavy atom. The van der Waals surface area contributed by atoms with Crippen LogP contribution in [-0.4, -0.2) is 15.9 Å². The average molecular weight is 329 g/mol. The lowest BCUT2D eigenvalue weighted by atomic mass is 10.2. The highest BCUT2D eigenvalue weighted by molar-refractivity contribution is 8.01. The van der Waals surface area contributed by atoms with Crippen LogP contribution < -0.4 is 5.32 Å². The van der Waals surface area contributed by atoms with E-state index in [2.05, 4.69) is 14.7 Å². The van der Waals surface area contributed by atoms with E-state index in [-0.39, 0.29) is 4.90 Å². The molecule has 0 fully saturated rings. The van der Waals surface area contributed by atoms with Crippen LogP contribution in [0.15, 0.2) is 21.4 Å². The summed E-state index contributed by atoms with van der Waals surface area (Å²) in [7, 11) is 0. The molecule has 1 heterocycles. The molecule has 3 nitrogen and oxygen atoms in total. The number of nitrogens with one attached hydrogen (secondary N) is 1. The Bertz CT molecular complexity index is 579. The van der Waals surface area contributed by atoms with Crippen molar-refractivity contribution in [2.75, 3.05) is 6.54 Å². The highest BCUT2D eigenvalue weighted by Crippen LogP contribution is 2.33. The summed E-state index contributed by atoms with van der Waals surface area (Å²) in [6, 6.07) is 2.74. The van der Waals surface area contributed by atoms with Crippen molar-refractivity contribution in [3.05, 3.63) is 35.2 Å². The van der Waals surface area contributed by atoms with Crippen LogP contribution in [0.4, 0.5) is 8.78 Å². The van der Waals surface area contributed by atoms with Gasteiger partial charge in [-0.25, -0.2) is 13.8 Å². The topological polar surface area (TPSA) is 37.8 Å². The highest BCUT2D eigenvalue weighted by atomic mass is 32.2. The molecule has 21 heavy (non-hydrogen) atoms. The maximum absolute atomic E-state index is 14.1. The molecule has 0 radical (unpaired) electrons. The third-order valence-electron chi connectivity index (χ3n) is 2.77. The van der Waals surface area contributed by atoms with E-state index in [9.17, 15) is 8.78 Å². The molecule has 2 aromatic rings. The molecule has 0 bridgehead atoms. The number of rotatable bonds is 7. The molecule has 2 rings (SSSR count). The van der Waals surface area contributed by atoms with E-state index in [4.69, 9.17) is 0 Å². The molecule has 0 unspecified atom stereocenters. The van der Waals surface area contributed by atoms with Gasteiger partial charge in [-0.15, -0.1) is 0 Å². The molecule has 0 aliphatic heterocycles. The molecule has 1 N–H and O–H groups in total. The minimum Gasteiger partial charge on any atom is -0.313 e. The molecule has 0 spiro atoms. The molecule has 0 saturated heterocycles. The third-order valence-corrected chi connectivity index (χ3v) is 4.65. The molecule has 0 aliphatic carbocycles. The van der Waals surface area contributed by atoms with Gasteiger partial charge in [0.25, 0.3) is 0 Å². The second-order valence-electron chi connectivity index (χ2n) is 4.50. The van der Waals surface area contributed by atoms with Gasteiger partial charge >= 0.3 is 0 Å². The first-order valence-corrected chi connectivity index (χ1v) is 8.42. The quantitative estimate of drug-likeness (QED) is 0.778. The number of aryl methyl sites for hydroxylation is 1. The fourth-order valence-electron chi connectivity index (χ4n) is 1.73. The van der Waals surface area contributed by atoms with E-state index in [0.29, 0.717) is 28.7 Å². The van der Waals surface area contributed by atoms with Gasteiger partial charge in [-0.3, -0.25) is 0 Å². The van der Waals surface area contributed by atoms with Gasteiger partial charge in [0.1, 0.15) is 17.5 Å². The number of benzene rings is 1. The molecular formula is C14H17F2N3S2. The molecule has 114 valence electrons. The number of hydrogen-bond acceptors (Lipinski definition) is 5. The van der Waals surface area contributed by atoms with E-state index in [0.717, 1.165) is 36.3 Å². The Labute approximate surface area is 131 Å². The Morgan fingerprint density at radius 3 is 2.52 bits per heavy atom. The zero-order valence-corrected chi connectivity index (χ0v) is 13.6. The molecule has 0 amide bonds. The van der Waals surface area contributed by atoms with Gasteiger partial charge in [0.15, 0.2) is 4.34 Å². The first-order valence-electron chi connectivity index (χ1n) is 6.83. The SMILES string of the molecule is CCCNCc1cc(F)c(Sc2nc(CC)ns2)c(F)c1. The van der Waals surface area contributed by atoms with Crippen molar-refractivity contribution in [1.29, 1.82) is 0 Å². The van der Waals surface area contributed by atoms with Gasteiger partial charge in [-0.1, -0.05) is 25.6 Å². The monoisotopic (exact) mass is 329 g/mol. The molecule has 0 aliphatic rings. The standard InChI is InChI=1S/C14H17F2N3S2/c1-3-5-17-8-9-6-10(15)13(11(16)7-9)20-14-18-12(4-2)19-21-14/h6-7,17H,3-5,8H2,1-2H3. The van der Waals surface area contributed by atoms with Crippen LogP contribution in [0.25, 0.3) is 0 Å². The predicted molar refractivity (Wildman–Crippen MR) is 81.8 cm³/mol. The minimum atomic E-state index is -0.554. The molecule has 1 aromatic heterocycles. The Morgan fingerprint density at radius 2 is 1.95 bits per heavy atom. The first kappa shape index (κ1) is 16.3. The Balaban J connectivity index is 2.12. The van der Waals surface area contributed by atoms with Crippen molar-refractivity contribution < 1.29 is 8.78 Å². The van der Waals surface area contributed by atoms with Crippen LogP contribution in [0.3, 0.4) is 0 Å². The number of hydrogen-bond donors (Lipinski definition) is 1. The van der Waals surface area contributed by atoms with Gasteiger partial charge in [0, 0.05) is 13.0 Å². The summed E-state index contributed by atoms with van der Waals surface area (Å²) >= 11 is 2.15. The summed E-state index contributed by atoms with van der Waals surface area (Å²) in [6.07, 6.45) is 1.69. The summed E-state index contributed by atoms with van der Waals surface area (Å²) in [5.74, 6) is -0.410. The zero-order valence-electron chi connectivity index (χ0n) is 11.9. The Kier molecular flexibility index (Phi) is 6.08. The fraction of sp³-hybridized carbons (Fsp3) is 0.429. The summed E-state index contributed by atoms with van der Waals surface area (Å²) in [5, 5.41) is 3.13. The van der Waals surface area contributed by atoms with Crippen LogP contribution in [0.2, 0.25) is 0 Å².